The minimum absolute atomic E-state index is 0.498. The van der Waals surface area contributed by atoms with Crippen molar-refractivity contribution in [3.63, 3.8) is 0 Å². The fraction of sp³-hybridized carbons (Fsp3) is 0.278. The van der Waals surface area contributed by atoms with Gasteiger partial charge in [0, 0.05) is 28.8 Å². The van der Waals surface area contributed by atoms with Crippen LogP contribution in [-0.4, -0.2) is 29.7 Å². The van der Waals surface area contributed by atoms with Gasteiger partial charge >= 0.3 is 0 Å². The molecule has 3 aromatic rings. The number of halogens is 3. The van der Waals surface area contributed by atoms with Crippen LogP contribution in [0.3, 0.4) is 0 Å². The first kappa shape index (κ1) is 20.0. The smallest absolute Gasteiger partial charge is 0.146 e. The minimum atomic E-state index is 0.498. The molecule has 0 aliphatic carbocycles. The monoisotopic (exact) mass is 426 g/mol. The number of benzene rings is 1. The lowest BCUT2D eigenvalue weighted by molar-refractivity contribution is 0.605. The van der Waals surface area contributed by atoms with E-state index in [0.717, 1.165) is 41.8 Å². The van der Waals surface area contributed by atoms with Crippen LogP contribution >= 0.6 is 34.8 Å². The molecule has 6 N–H and O–H groups in total. The third-order valence-corrected chi connectivity index (χ3v) is 5.01. The number of aromatic nitrogens is 2. The van der Waals surface area contributed by atoms with Gasteiger partial charge in [-0.2, -0.15) is 0 Å². The highest BCUT2D eigenvalue weighted by Gasteiger charge is 2.13. The molecule has 0 saturated heterocycles. The van der Waals surface area contributed by atoms with E-state index in [-0.39, 0.29) is 0 Å². The predicted octanol–water partition coefficient (Wildman–Crippen LogP) is 4.24. The average molecular weight is 428 g/mol. The van der Waals surface area contributed by atoms with Gasteiger partial charge in [0.1, 0.15) is 5.82 Å². The maximum absolute atomic E-state index is 6.43. The van der Waals surface area contributed by atoms with Crippen LogP contribution in [0, 0.1) is 0 Å². The van der Waals surface area contributed by atoms with Crippen LogP contribution < -0.4 is 21.7 Å². The summed E-state index contributed by atoms with van der Waals surface area (Å²) in [6, 6.07) is 7.26. The summed E-state index contributed by atoms with van der Waals surface area (Å²) in [6.45, 7) is 2.97. The molecular weight excluding hydrogens is 407 g/mol. The van der Waals surface area contributed by atoms with Gasteiger partial charge in [-0.1, -0.05) is 34.8 Å². The summed E-state index contributed by atoms with van der Waals surface area (Å²) in [5.74, 6) is 0.498. The maximum Gasteiger partial charge on any atom is 0.146 e. The van der Waals surface area contributed by atoms with Crippen molar-refractivity contribution in [3.8, 4) is 0 Å². The molecule has 0 aliphatic heterocycles. The Hall–Kier alpha value is -1.70. The number of anilines is 2. The molecule has 2 aromatic heterocycles. The summed E-state index contributed by atoms with van der Waals surface area (Å²) >= 11 is 18.7. The number of H-pyrrole nitrogens is 1. The Balaban J connectivity index is 1.37. The van der Waals surface area contributed by atoms with E-state index in [1.165, 1.54) is 0 Å². The van der Waals surface area contributed by atoms with Crippen LogP contribution in [0.25, 0.3) is 10.9 Å². The number of pyridine rings is 1. The third-order valence-electron chi connectivity index (χ3n) is 4.08. The van der Waals surface area contributed by atoms with Crippen molar-refractivity contribution in [1.29, 1.82) is 0 Å². The van der Waals surface area contributed by atoms with Crippen LogP contribution in [0.5, 0.6) is 0 Å². The fourth-order valence-corrected chi connectivity index (χ4v) is 3.70. The largest absolute Gasteiger partial charge is 0.382 e. The fourth-order valence-electron chi connectivity index (χ4n) is 2.75. The van der Waals surface area contributed by atoms with Crippen LogP contribution in [0.1, 0.15) is 12.1 Å². The Morgan fingerprint density at radius 3 is 2.74 bits per heavy atom. The minimum Gasteiger partial charge on any atom is -0.382 e. The summed E-state index contributed by atoms with van der Waals surface area (Å²) in [6.07, 6.45) is 2.64. The number of hydrogen-bond donors (Lipinski definition) is 5. The topological polar surface area (TPSA) is 90.8 Å². The van der Waals surface area contributed by atoms with E-state index >= 15 is 0 Å². The average Bonchev–Trinajstić information content (AvgIpc) is 2.94. The van der Waals surface area contributed by atoms with Crippen molar-refractivity contribution in [2.24, 2.45) is 0 Å². The van der Waals surface area contributed by atoms with Gasteiger partial charge in [0.25, 0.3) is 0 Å². The van der Waals surface area contributed by atoms with Gasteiger partial charge in [-0.05, 0) is 43.8 Å². The SMILES string of the molecule is Nc1ncccc1NCNCCCNCc1[nH]c2cc(Cl)cc(Cl)c2c1Cl. The second-order valence-corrected chi connectivity index (χ2v) is 7.27. The molecular formula is C18H21Cl3N6. The number of nitrogen functional groups attached to an aromatic ring is 1. The molecule has 0 aliphatic rings. The molecule has 0 radical (unpaired) electrons. The van der Waals surface area contributed by atoms with E-state index in [9.17, 15) is 0 Å². The lowest BCUT2D eigenvalue weighted by Crippen LogP contribution is -2.26. The van der Waals surface area contributed by atoms with Gasteiger partial charge in [0.05, 0.1) is 27.9 Å². The summed E-state index contributed by atoms with van der Waals surface area (Å²) < 4.78 is 0. The molecule has 0 atom stereocenters. The van der Waals surface area contributed by atoms with Crippen molar-refractivity contribution in [3.05, 3.63) is 51.2 Å². The standard InChI is InChI=1S/C18H21Cl3N6/c19-11-7-12(20)16-14(8-11)27-15(17(16)21)9-23-4-2-5-24-10-26-13-3-1-6-25-18(13)22/h1,3,6-8,23-24,26-27H,2,4-5,9-10H2,(H2,22,25). The van der Waals surface area contributed by atoms with Gasteiger partial charge in [-0.15, -0.1) is 0 Å². The number of hydrogen-bond acceptors (Lipinski definition) is 5. The molecule has 3 rings (SSSR count). The number of rotatable bonds is 9. The number of nitrogens with two attached hydrogens (primary N) is 1. The molecule has 1 aromatic carbocycles. The van der Waals surface area contributed by atoms with Gasteiger partial charge in [0.15, 0.2) is 0 Å². The lowest BCUT2D eigenvalue weighted by atomic mass is 10.2. The van der Waals surface area contributed by atoms with Crippen molar-refractivity contribution in [2.45, 2.75) is 13.0 Å². The third kappa shape index (κ3) is 5.18. The molecule has 0 amide bonds. The highest BCUT2D eigenvalue weighted by molar-refractivity contribution is 6.44. The maximum atomic E-state index is 6.43. The summed E-state index contributed by atoms with van der Waals surface area (Å²) in [7, 11) is 0. The molecule has 144 valence electrons. The second kappa shape index (κ2) is 9.48. The summed E-state index contributed by atoms with van der Waals surface area (Å²) in [4.78, 5) is 7.30. The molecule has 0 saturated carbocycles. The Morgan fingerprint density at radius 1 is 1.11 bits per heavy atom. The Morgan fingerprint density at radius 2 is 1.93 bits per heavy atom. The van der Waals surface area contributed by atoms with Crippen molar-refractivity contribution >= 4 is 57.2 Å². The Kier molecular flexibility index (Phi) is 7.04. The quantitative estimate of drug-likeness (QED) is 0.260. The molecule has 0 unspecified atom stereocenters. The lowest BCUT2D eigenvalue weighted by Gasteiger charge is -2.09. The van der Waals surface area contributed by atoms with Crippen LogP contribution in [0.4, 0.5) is 11.5 Å². The van der Waals surface area contributed by atoms with Crippen molar-refractivity contribution < 1.29 is 0 Å². The van der Waals surface area contributed by atoms with Crippen molar-refractivity contribution in [1.82, 2.24) is 20.6 Å². The highest BCUT2D eigenvalue weighted by Crippen LogP contribution is 2.35. The number of aromatic amines is 1. The van der Waals surface area contributed by atoms with E-state index in [1.54, 1.807) is 12.3 Å². The van der Waals surface area contributed by atoms with Crippen LogP contribution in [-0.2, 0) is 6.54 Å². The van der Waals surface area contributed by atoms with E-state index in [4.69, 9.17) is 40.5 Å². The second-order valence-electron chi connectivity index (χ2n) is 6.05. The van der Waals surface area contributed by atoms with Gasteiger partial charge in [0.2, 0.25) is 0 Å². The zero-order chi connectivity index (χ0) is 19.2. The van der Waals surface area contributed by atoms with Crippen molar-refractivity contribution in [2.75, 3.05) is 30.8 Å². The first-order valence-electron chi connectivity index (χ1n) is 8.57. The van der Waals surface area contributed by atoms with Crippen LogP contribution in [0.2, 0.25) is 15.1 Å². The molecule has 2 heterocycles. The Bertz CT molecular complexity index is 911. The zero-order valence-electron chi connectivity index (χ0n) is 14.6. The van der Waals surface area contributed by atoms with E-state index in [2.05, 4.69) is 25.9 Å². The molecule has 0 bridgehead atoms. The summed E-state index contributed by atoms with van der Waals surface area (Å²) in [5, 5.41) is 12.5. The number of nitrogens with one attached hydrogen (secondary N) is 4. The van der Waals surface area contributed by atoms with E-state index in [0.29, 0.717) is 34.1 Å². The zero-order valence-corrected chi connectivity index (χ0v) is 16.8. The number of fused-ring (bicyclic) bond motifs is 1. The molecule has 6 nitrogen and oxygen atoms in total. The van der Waals surface area contributed by atoms with Gasteiger partial charge in [-0.25, -0.2) is 4.98 Å². The number of nitrogens with zero attached hydrogens (tertiary/aromatic N) is 1. The molecule has 0 fully saturated rings. The van der Waals surface area contributed by atoms with E-state index in [1.807, 2.05) is 18.2 Å². The molecule has 0 spiro atoms. The van der Waals surface area contributed by atoms with Gasteiger partial charge < -0.3 is 26.7 Å². The molecule has 9 heteroatoms. The predicted molar refractivity (Wildman–Crippen MR) is 115 cm³/mol. The Labute approximate surface area is 172 Å². The summed E-state index contributed by atoms with van der Waals surface area (Å²) in [5.41, 5.74) is 8.35. The van der Waals surface area contributed by atoms with Crippen LogP contribution in [0.15, 0.2) is 30.5 Å². The normalized spacial score (nSPS) is 11.2. The first-order chi connectivity index (χ1) is 13.1. The molecule has 27 heavy (non-hydrogen) atoms. The van der Waals surface area contributed by atoms with E-state index < -0.39 is 0 Å². The first-order valence-corrected chi connectivity index (χ1v) is 9.70. The highest BCUT2D eigenvalue weighted by atomic mass is 35.5. The van der Waals surface area contributed by atoms with Gasteiger partial charge in [-0.3, -0.25) is 0 Å².